The maximum atomic E-state index is 6.02. The number of hydrogen-bond acceptors (Lipinski definition) is 3. The summed E-state index contributed by atoms with van der Waals surface area (Å²) in [4.78, 5) is 2.18. The summed E-state index contributed by atoms with van der Waals surface area (Å²) in [6.45, 7) is 11.3. The SMILES string of the molecule is Cc1cccc(CNC(C)(C)C)c1OCCCN(C)C. The Morgan fingerprint density at radius 2 is 1.90 bits per heavy atom. The van der Waals surface area contributed by atoms with Gasteiger partial charge in [0.1, 0.15) is 5.75 Å². The van der Waals surface area contributed by atoms with E-state index in [4.69, 9.17) is 4.74 Å². The van der Waals surface area contributed by atoms with Gasteiger partial charge in [0.25, 0.3) is 0 Å². The van der Waals surface area contributed by atoms with Gasteiger partial charge in [-0.05, 0) is 53.8 Å². The first-order chi connectivity index (χ1) is 9.29. The number of para-hydroxylation sites is 1. The standard InChI is InChI=1S/C17H30N2O/c1-14-9-7-10-15(13-18-17(2,3)4)16(14)20-12-8-11-19(5)6/h7,9-10,18H,8,11-13H2,1-6H3. The van der Waals surface area contributed by atoms with E-state index >= 15 is 0 Å². The molecule has 0 aliphatic rings. The molecule has 0 saturated carbocycles. The summed E-state index contributed by atoms with van der Waals surface area (Å²) in [5.41, 5.74) is 2.57. The number of nitrogens with one attached hydrogen (secondary N) is 1. The summed E-state index contributed by atoms with van der Waals surface area (Å²) in [5.74, 6) is 1.04. The number of aryl methyl sites for hydroxylation is 1. The maximum Gasteiger partial charge on any atom is 0.126 e. The first kappa shape index (κ1) is 17.0. The Morgan fingerprint density at radius 3 is 2.50 bits per heavy atom. The average Bonchev–Trinajstić information content (AvgIpc) is 2.32. The van der Waals surface area contributed by atoms with Gasteiger partial charge in [0.2, 0.25) is 0 Å². The normalized spacial score (nSPS) is 11.9. The van der Waals surface area contributed by atoms with Crippen LogP contribution in [-0.2, 0) is 6.54 Å². The van der Waals surface area contributed by atoms with E-state index in [-0.39, 0.29) is 5.54 Å². The van der Waals surface area contributed by atoms with Crippen molar-refractivity contribution in [1.29, 1.82) is 0 Å². The predicted molar refractivity (Wildman–Crippen MR) is 86.4 cm³/mol. The molecule has 0 radical (unpaired) electrons. The molecule has 0 aliphatic carbocycles. The zero-order valence-corrected chi connectivity index (χ0v) is 13.9. The van der Waals surface area contributed by atoms with Crippen LogP contribution >= 0.6 is 0 Å². The van der Waals surface area contributed by atoms with Crippen molar-refractivity contribution in [3.05, 3.63) is 29.3 Å². The van der Waals surface area contributed by atoms with Crippen molar-refractivity contribution in [2.24, 2.45) is 0 Å². The number of ether oxygens (including phenoxy) is 1. The molecule has 0 fully saturated rings. The van der Waals surface area contributed by atoms with E-state index in [0.29, 0.717) is 0 Å². The van der Waals surface area contributed by atoms with Crippen LogP contribution in [0.5, 0.6) is 5.75 Å². The third-order valence-corrected chi connectivity index (χ3v) is 3.10. The molecule has 3 nitrogen and oxygen atoms in total. The monoisotopic (exact) mass is 278 g/mol. The Morgan fingerprint density at radius 1 is 1.20 bits per heavy atom. The molecule has 1 rings (SSSR count). The molecule has 0 heterocycles. The molecule has 114 valence electrons. The summed E-state index contributed by atoms with van der Waals surface area (Å²) in [6.07, 6.45) is 1.05. The first-order valence-corrected chi connectivity index (χ1v) is 7.40. The van der Waals surface area contributed by atoms with Crippen LogP contribution in [0.1, 0.15) is 38.3 Å². The van der Waals surface area contributed by atoms with Crippen molar-refractivity contribution >= 4 is 0 Å². The Balaban J connectivity index is 2.63. The van der Waals surface area contributed by atoms with Crippen molar-refractivity contribution in [3.8, 4) is 5.75 Å². The molecule has 3 heteroatoms. The molecule has 0 saturated heterocycles. The third kappa shape index (κ3) is 6.40. The van der Waals surface area contributed by atoms with Gasteiger partial charge in [0.15, 0.2) is 0 Å². The Bertz CT molecular complexity index is 408. The second-order valence-corrected chi connectivity index (χ2v) is 6.67. The fraction of sp³-hybridized carbons (Fsp3) is 0.647. The van der Waals surface area contributed by atoms with Crippen LogP contribution < -0.4 is 10.1 Å². The first-order valence-electron chi connectivity index (χ1n) is 7.40. The number of hydrogen-bond donors (Lipinski definition) is 1. The van der Waals surface area contributed by atoms with Crippen molar-refractivity contribution in [1.82, 2.24) is 10.2 Å². The Kier molecular flexibility index (Phi) is 6.50. The van der Waals surface area contributed by atoms with Crippen LogP contribution in [0.25, 0.3) is 0 Å². The van der Waals surface area contributed by atoms with Crippen molar-refractivity contribution in [3.63, 3.8) is 0 Å². The van der Waals surface area contributed by atoms with E-state index in [2.05, 4.69) is 70.2 Å². The second kappa shape index (κ2) is 7.65. The van der Waals surface area contributed by atoms with Crippen molar-refractivity contribution < 1.29 is 4.74 Å². The van der Waals surface area contributed by atoms with Crippen LogP contribution in [-0.4, -0.2) is 37.7 Å². The molecule has 0 atom stereocenters. The molecule has 0 aliphatic heterocycles. The Labute approximate surface area is 124 Å². The maximum absolute atomic E-state index is 6.02. The lowest BCUT2D eigenvalue weighted by atomic mass is 10.1. The lowest BCUT2D eigenvalue weighted by Gasteiger charge is -2.22. The quantitative estimate of drug-likeness (QED) is 0.775. The van der Waals surface area contributed by atoms with Crippen LogP contribution in [0.3, 0.4) is 0 Å². The van der Waals surface area contributed by atoms with Gasteiger partial charge in [0.05, 0.1) is 6.61 Å². The van der Waals surface area contributed by atoms with Gasteiger partial charge >= 0.3 is 0 Å². The fourth-order valence-corrected chi connectivity index (χ4v) is 1.97. The summed E-state index contributed by atoms with van der Waals surface area (Å²) in [6, 6.07) is 6.36. The van der Waals surface area contributed by atoms with E-state index in [0.717, 1.165) is 31.9 Å². The molecule has 0 spiro atoms. The highest BCUT2D eigenvalue weighted by Crippen LogP contribution is 2.24. The molecule has 0 amide bonds. The minimum atomic E-state index is 0.117. The van der Waals surface area contributed by atoms with E-state index in [1.165, 1.54) is 11.1 Å². The largest absolute Gasteiger partial charge is 0.493 e. The molecule has 0 aromatic heterocycles. The van der Waals surface area contributed by atoms with Gasteiger partial charge in [-0.15, -0.1) is 0 Å². The van der Waals surface area contributed by atoms with E-state index in [1.54, 1.807) is 0 Å². The smallest absolute Gasteiger partial charge is 0.126 e. The van der Waals surface area contributed by atoms with E-state index < -0.39 is 0 Å². The third-order valence-electron chi connectivity index (χ3n) is 3.10. The van der Waals surface area contributed by atoms with E-state index in [9.17, 15) is 0 Å². The van der Waals surface area contributed by atoms with Gasteiger partial charge in [-0.3, -0.25) is 0 Å². The van der Waals surface area contributed by atoms with Gasteiger partial charge in [0, 0.05) is 24.2 Å². The summed E-state index contributed by atoms with van der Waals surface area (Å²) < 4.78 is 6.02. The summed E-state index contributed by atoms with van der Waals surface area (Å²) in [5, 5.41) is 3.53. The molecular weight excluding hydrogens is 248 g/mol. The zero-order valence-electron chi connectivity index (χ0n) is 13.9. The highest BCUT2D eigenvalue weighted by atomic mass is 16.5. The van der Waals surface area contributed by atoms with Gasteiger partial charge in [-0.25, -0.2) is 0 Å². The molecular formula is C17H30N2O. The number of nitrogens with zero attached hydrogens (tertiary/aromatic N) is 1. The van der Waals surface area contributed by atoms with Gasteiger partial charge < -0.3 is 15.0 Å². The molecule has 1 aromatic rings. The summed E-state index contributed by atoms with van der Waals surface area (Å²) >= 11 is 0. The molecule has 0 unspecified atom stereocenters. The predicted octanol–water partition coefficient (Wildman–Crippen LogP) is 3.21. The molecule has 0 bridgehead atoms. The van der Waals surface area contributed by atoms with E-state index in [1.807, 2.05) is 0 Å². The lowest BCUT2D eigenvalue weighted by molar-refractivity contribution is 0.276. The Hall–Kier alpha value is -1.06. The van der Waals surface area contributed by atoms with Crippen LogP contribution in [0, 0.1) is 6.92 Å². The molecule has 1 N–H and O–H groups in total. The number of benzene rings is 1. The summed E-state index contributed by atoms with van der Waals surface area (Å²) in [7, 11) is 4.18. The van der Waals surface area contributed by atoms with Crippen LogP contribution in [0.2, 0.25) is 0 Å². The average molecular weight is 278 g/mol. The minimum absolute atomic E-state index is 0.117. The lowest BCUT2D eigenvalue weighted by Crippen LogP contribution is -2.35. The van der Waals surface area contributed by atoms with Gasteiger partial charge in [-0.2, -0.15) is 0 Å². The second-order valence-electron chi connectivity index (χ2n) is 6.67. The highest BCUT2D eigenvalue weighted by Gasteiger charge is 2.12. The van der Waals surface area contributed by atoms with Crippen LogP contribution in [0.15, 0.2) is 18.2 Å². The van der Waals surface area contributed by atoms with Gasteiger partial charge in [-0.1, -0.05) is 18.2 Å². The molecule has 20 heavy (non-hydrogen) atoms. The van der Waals surface area contributed by atoms with Crippen LogP contribution in [0.4, 0.5) is 0 Å². The van der Waals surface area contributed by atoms with Crippen molar-refractivity contribution in [2.75, 3.05) is 27.2 Å². The zero-order chi connectivity index (χ0) is 15.2. The molecule has 1 aromatic carbocycles. The number of rotatable bonds is 7. The fourth-order valence-electron chi connectivity index (χ4n) is 1.97. The highest BCUT2D eigenvalue weighted by molar-refractivity contribution is 5.40. The van der Waals surface area contributed by atoms with Crippen molar-refractivity contribution in [2.45, 2.75) is 46.2 Å². The minimum Gasteiger partial charge on any atom is -0.493 e. The topological polar surface area (TPSA) is 24.5 Å².